The third kappa shape index (κ3) is 1.64. The molecule has 1 aromatic carbocycles. The molecule has 1 aromatic heterocycles. The molecule has 2 rings (SSSR count). The van der Waals surface area contributed by atoms with Crippen LogP contribution in [0.2, 0.25) is 0 Å². The first-order valence-corrected chi connectivity index (χ1v) is 4.48. The van der Waals surface area contributed by atoms with Gasteiger partial charge in [-0.3, -0.25) is 4.57 Å². The lowest BCUT2D eigenvalue weighted by molar-refractivity contribution is 0.0688. The van der Waals surface area contributed by atoms with Crippen molar-refractivity contribution in [1.82, 2.24) is 9.55 Å². The number of carbonyl (C=O) groups is 1. The Kier molecular flexibility index (Phi) is 2.40. The number of hydrogen-bond donors (Lipinski definition) is 1. The van der Waals surface area contributed by atoms with Crippen LogP contribution < -0.4 is 0 Å². The summed E-state index contributed by atoms with van der Waals surface area (Å²) in [7, 11) is 0. The molecular formula is C11H7N3O2. The number of carboxylic acid groups (broad SMARTS) is 1. The van der Waals surface area contributed by atoms with Gasteiger partial charge in [-0.1, -0.05) is 6.07 Å². The van der Waals surface area contributed by atoms with Crippen molar-refractivity contribution in [2.24, 2.45) is 0 Å². The monoisotopic (exact) mass is 213 g/mol. The fourth-order valence-corrected chi connectivity index (χ4v) is 1.38. The first-order valence-electron chi connectivity index (χ1n) is 4.48. The zero-order valence-electron chi connectivity index (χ0n) is 8.16. The van der Waals surface area contributed by atoms with E-state index >= 15 is 0 Å². The van der Waals surface area contributed by atoms with Gasteiger partial charge in [-0.05, 0) is 18.2 Å². The number of aromatic carboxylic acids is 1. The number of nitrogens with zero attached hydrogens (tertiary/aromatic N) is 3. The summed E-state index contributed by atoms with van der Waals surface area (Å²) in [5.74, 6) is -1.06. The van der Waals surface area contributed by atoms with Gasteiger partial charge < -0.3 is 5.11 Å². The second kappa shape index (κ2) is 3.87. The average Bonchev–Trinajstić information content (AvgIpc) is 2.78. The normalized spacial score (nSPS) is 9.69. The van der Waals surface area contributed by atoms with Gasteiger partial charge in [0.15, 0.2) is 5.69 Å². The Balaban J connectivity index is 2.55. The Bertz CT molecular complexity index is 581. The van der Waals surface area contributed by atoms with Crippen molar-refractivity contribution in [3.63, 3.8) is 0 Å². The molecule has 5 nitrogen and oxygen atoms in total. The highest BCUT2D eigenvalue weighted by atomic mass is 16.4. The smallest absolute Gasteiger partial charge is 0.354 e. The molecule has 78 valence electrons. The van der Waals surface area contributed by atoms with Crippen LogP contribution in [0, 0.1) is 11.3 Å². The van der Waals surface area contributed by atoms with Gasteiger partial charge in [-0.2, -0.15) is 5.26 Å². The van der Waals surface area contributed by atoms with E-state index in [0.717, 1.165) is 0 Å². The molecule has 0 bridgehead atoms. The molecule has 5 heteroatoms. The first kappa shape index (κ1) is 9.93. The standard InChI is InChI=1S/C11H7N3O2/c12-5-8-2-1-3-9(4-8)14-7-13-6-10(14)11(15)16/h1-4,6-7H,(H,15,16). The Morgan fingerprint density at radius 1 is 1.50 bits per heavy atom. The molecule has 0 unspecified atom stereocenters. The van der Waals surface area contributed by atoms with Crippen LogP contribution in [0.25, 0.3) is 5.69 Å². The molecule has 0 aliphatic carbocycles. The van der Waals surface area contributed by atoms with E-state index in [1.165, 1.54) is 17.1 Å². The molecule has 0 atom stereocenters. The Labute approximate surface area is 91.2 Å². The van der Waals surface area contributed by atoms with Gasteiger partial charge in [0, 0.05) is 5.69 Å². The molecule has 1 N–H and O–H groups in total. The molecule has 0 fully saturated rings. The highest BCUT2D eigenvalue weighted by Crippen LogP contribution is 2.12. The molecule has 1 heterocycles. The molecule has 0 saturated heterocycles. The largest absolute Gasteiger partial charge is 0.477 e. The maximum absolute atomic E-state index is 10.9. The summed E-state index contributed by atoms with van der Waals surface area (Å²) in [5, 5.41) is 17.7. The quantitative estimate of drug-likeness (QED) is 0.818. The van der Waals surface area contributed by atoms with Crippen LogP contribution in [0.3, 0.4) is 0 Å². The lowest BCUT2D eigenvalue weighted by Gasteiger charge is -2.04. The molecule has 16 heavy (non-hydrogen) atoms. The summed E-state index contributed by atoms with van der Waals surface area (Å²) in [6.07, 6.45) is 2.67. The fraction of sp³-hybridized carbons (Fsp3) is 0. The Morgan fingerprint density at radius 2 is 2.31 bits per heavy atom. The summed E-state index contributed by atoms with van der Waals surface area (Å²) in [6, 6.07) is 8.67. The van der Waals surface area contributed by atoms with Gasteiger partial charge >= 0.3 is 5.97 Å². The number of benzene rings is 1. The molecule has 0 amide bonds. The van der Waals surface area contributed by atoms with Gasteiger partial charge in [-0.25, -0.2) is 9.78 Å². The highest BCUT2D eigenvalue weighted by molar-refractivity contribution is 5.86. The van der Waals surface area contributed by atoms with E-state index in [9.17, 15) is 4.79 Å². The summed E-state index contributed by atoms with van der Waals surface area (Å²) >= 11 is 0. The molecule has 0 spiro atoms. The van der Waals surface area contributed by atoms with Crippen LogP contribution in [-0.4, -0.2) is 20.6 Å². The number of hydrogen-bond acceptors (Lipinski definition) is 3. The summed E-state index contributed by atoms with van der Waals surface area (Å²) in [4.78, 5) is 14.7. The zero-order chi connectivity index (χ0) is 11.5. The minimum absolute atomic E-state index is 0.0649. The van der Waals surface area contributed by atoms with Crippen LogP contribution in [0.15, 0.2) is 36.8 Å². The van der Waals surface area contributed by atoms with Gasteiger partial charge in [0.25, 0.3) is 0 Å². The second-order valence-corrected chi connectivity index (χ2v) is 3.12. The van der Waals surface area contributed by atoms with Crippen LogP contribution in [0.1, 0.15) is 16.1 Å². The maximum atomic E-state index is 10.9. The van der Waals surface area contributed by atoms with E-state index in [1.54, 1.807) is 24.3 Å². The van der Waals surface area contributed by atoms with Crippen molar-refractivity contribution in [2.75, 3.05) is 0 Å². The topological polar surface area (TPSA) is 78.9 Å². The van der Waals surface area contributed by atoms with Crippen LogP contribution in [0.5, 0.6) is 0 Å². The molecule has 2 aromatic rings. The first-order chi connectivity index (χ1) is 7.72. The van der Waals surface area contributed by atoms with Gasteiger partial charge in [-0.15, -0.1) is 0 Å². The predicted molar refractivity (Wildman–Crippen MR) is 55.2 cm³/mol. The summed E-state index contributed by atoms with van der Waals surface area (Å²) < 4.78 is 1.42. The molecular weight excluding hydrogens is 206 g/mol. The molecule has 0 saturated carbocycles. The Hall–Kier alpha value is -2.61. The zero-order valence-corrected chi connectivity index (χ0v) is 8.16. The lowest BCUT2D eigenvalue weighted by Crippen LogP contribution is -2.05. The molecule has 0 aliphatic heterocycles. The van der Waals surface area contributed by atoms with Crippen molar-refractivity contribution in [2.45, 2.75) is 0 Å². The minimum Gasteiger partial charge on any atom is -0.477 e. The minimum atomic E-state index is -1.06. The van der Waals surface area contributed by atoms with Gasteiger partial charge in [0.1, 0.15) is 0 Å². The van der Waals surface area contributed by atoms with E-state index in [0.29, 0.717) is 11.3 Å². The number of nitriles is 1. The van der Waals surface area contributed by atoms with Crippen LogP contribution >= 0.6 is 0 Å². The van der Waals surface area contributed by atoms with Crippen molar-refractivity contribution >= 4 is 5.97 Å². The Morgan fingerprint density at radius 3 is 3.00 bits per heavy atom. The van der Waals surface area contributed by atoms with Crippen LogP contribution in [-0.2, 0) is 0 Å². The van der Waals surface area contributed by atoms with E-state index < -0.39 is 5.97 Å². The number of rotatable bonds is 2. The highest BCUT2D eigenvalue weighted by Gasteiger charge is 2.11. The number of aromatic nitrogens is 2. The van der Waals surface area contributed by atoms with E-state index in [2.05, 4.69) is 4.98 Å². The van der Waals surface area contributed by atoms with E-state index in [1.807, 2.05) is 6.07 Å². The van der Waals surface area contributed by atoms with Gasteiger partial charge in [0.05, 0.1) is 24.2 Å². The van der Waals surface area contributed by atoms with E-state index in [-0.39, 0.29) is 5.69 Å². The van der Waals surface area contributed by atoms with Crippen molar-refractivity contribution in [3.8, 4) is 11.8 Å². The lowest BCUT2D eigenvalue weighted by atomic mass is 10.2. The fourth-order valence-electron chi connectivity index (χ4n) is 1.38. The number of imidazole rings is 1. The van der Waals surface area contributed by atoms with Crippen LogP contribution in [0.4, 0.5) is 0 Å². The van der Waals surface area contributed by atoms with Crippen molar-refractivity contribution < 1.29 is 9.90 Å². The molecule has 0 radical (unpaired) electrons. The van der Waals surface area contributed by atoms with Crippen molar-refractivity contribution in [3.05, 3.63) is 48.0 Å². The predicted octanol–water partition coefficient (Wildman–Crippen LogP) is 1.44. The maximum Gasteiger partial charge on any atom is 0.354 e. The third-order valence-electron chi connectivity index (χ3n) is 2.11. The van der Waals surface area contributed by atoms with Gasteiger partial charge in [0.2, 0.25) is 0 Å². The average molecular weight is 213 g/mol. The number of carboxylic acids is 1. The second-order valence-electron chi connectivity index (χ2n) is 3.12. The SMILES string of the molecule is N#Cc1cccc(-n2cncc2C(=O)O)c1. The van der Waals surface area contributed by atoms with E-state index in [4.69, 9.17) is 10.4 Å². The molecule has 0 aliphatic rings. The summed E-state index contributed by atoms with van der Waals surface area (Å²) in [5.41, 5.74) is 1.14. The third-order valence-corrected chi connectivity index (χ3v) is 2.11. The summed E-state index contributed by atoms with van der Waals surface area (Å²) in [6.45, 7) is 0. The van der Waals surface area contributed by atoms with Crippen molar-refractivity contribution in [1.29, 1.82) is 5.26 Å².